The summed E-state index contributed by atoms with van der Waals surface area (Å²) in [6.07, 6.45) is 1.79. The summed E-state index contributed by atoms with van der Waals surface area (Å²) >= 11 is 0. The van der Waals surface area contributed by atoms with E-state index in [-0.39, 0.29) is 11.4 Å². The van der Waals surface area contributed by atoms with Crippen molar-refractivity contribution < 1.29 is 9.90 Å². The van der Waals surface area contributed by atoms with E-state index in [1.165, 1.54) is 0 Å². The zero-order valence-electron chi connectivity index (χ0n) is 15.7. The van der Waals surface area contributed by atoms with Crippen molar-refractivity contribution in [3.63, 3.8) is 0 Å². The molecule has 0 saturated carbocycles. The molecule has 2 aromatic carbocycles. The molecule has 0 aliphatic carbocycles. The highest BCUT2D eigenvalue weighted by molar-refractivity contribution is 5.95. The predicted octanol–water partition coefficient (Wildman–Crippen LogP) is 3.64. The topological polar surface area (TPSA) is 112 Å². The number of benzene rings is 2. The number of carboxylic acid groups (broad SMARTS) is 1. The lowest BCUT2D eigenvalue weighted by molar-refractivity contribution is -0.133. The van der Waals surface area contributed by atoms with Crippen molar-refractivity contribution in [2.45, 2.75) is 12.8 Å². The SMILES string of the molecule is CC1=C(C#N)C(c2cccc3ncc(-c4ccccc4)cc23)C(C(=O)O)=C(N)N1. The lowest BCUT2D eigenvalue weighted by atomic mass is 9.80. The minimum atomic E-state index is -1.16. The van der Waals surface area contributed by atoms with Gasteiger partial charge in [-0.05, 0) is 30.2 Å². The number of hydrogen-bond donors (Lipinski definition) is 3. The van der Waals surface area contributed by atoms with Gasteiger partial charge in [0.2, 0.25) is 0 Å². The fourth-order valence-corrected chi connectivity index (χ4v) is 3.76. The van der Waals surface area contributed by atoms with Crippen LogP contribution in [0.5, 0.6) is 0 Å². The molecule has 0 fully saturated rings. The normalized spacial score (nSPS) is 16.5. The number of carboxylic acids is 1. The van der Waals surface area contributed by atoms with Crippen molar-refractivity contribution in [1.29, 1.82) is 5.26 Å². The molecule has 1 unspecified atom stereocenters. The fraction of sp³-hybridized carbons (Fsp3) is 0.0870. The highest BCUT2D eigenvalue weighted by Gasteiger charge is 2.34. The second-order valence-corrected chi connectivity index (χ2v) is 6.84. The Morgan fingerprint density at radius 1 is 1.17 bits per heavy atom. The van der Waals surface area contributed by atoms with Crippen LogP contribution in [0.1, 0.15) is 18.4 Å². The molecule has 0 spiro atoms. The van der Waals surface area contributed by atoms with Gasteiger partial charge >= 0.3 is 5.97 Å². The zero-order valence-corrected chi connectivity index (χ0v) is 15.7. The number of hydrogen-bond acceptors (Lipinski definition) is 5. The van der Waals surface area contributed by atoms with E-state index in [1.54, 1.807) is 13.1 Å². The molecule has 0 radical (unpaired) electrons. The average Bonchev–Trinajstić information content (AvgIpc) is 2.72. The van der Waals surface area contributed by atoms with Gasteiger partial charge in [0.15, 0.2) is 0 Å². The van der Waals surface area contributed by atoms with Crippen molar-refractivity contribution in [3.05, 3.63) is 89.0 Å². The first kappa shape index (κ1) is 18.3. The van der Waals surface area contributed by atoms with E-state index in [4.69, 9.17) is 5.73 Å². The second kappa shape index (κ2) is 7.13. The lowest BCUT2D eigenvalue weighted by Gasteiger charge is -2.27. The van der Waals surface area contributed by atoms with Crippen LogP contribution < -0.4 is 11.1 Å². The average molecular weight is 382 g/mol. The minimum absolute atomic E-state index is 0.0373. The van der Waals surface area contributed by atoms with E-state index < -0.39 is 11.9 Å². The largest absolute Gasteiger partial charge is 0.478 e. The Morgan fingerprint density at radius 3 is 2.62 bits per heavy atom. The van der Waals surface area contributed by atoms with Crippen molar-refractivity contribution in [3.8, 4) is 17.2 Å². The van der Waals surface area contributed by atoms with E-state index in [2.05, 4.69) is 16.4 Å². The van der Waals surface area contributed by atoms with E-state index >= 15 is 0 Å². The van der Waals surface area contributed by atoms with Crippen LogP contribution in [0.15, 0.2) is 83.5 Å². The van der Waals surface area contributed by atoms with Crippen LogP contribution in [0, 0.1) is 11.3 Å². The molecule has 6 nitrogen and oxygen atoms in total. The Morgan fingerprint density at radius 2 is 1.93 bits per heavy atom. The Labute approximate surface area is 167 Å². The van der Waals surface area contributed by atoms with Crippen LogP contribution in [0.2, 0.25) is 0 Å². The maximum atomic E-state index is 12.0. The molecule has 0 bridgehead atoms. The molecular weight excluding hydrogens is 364 g/mol. The van der Waals surface area contributed by atoms with Crippen molar-refractivity contribution >= 4 is 16.9 Å². The van der Waals surface area contributed by atoms with Gasteiger partial charge in [-0.1, -0.05) is 42.5 Å². The smallest absolute Gasteiger partial charge is 0.336 e. The maximum absolute atomic E-state index is 12.0. The molecule has 1 aliphatic rings. The monoisotopic (exact) mass is 382 g/mol. The van der Waals surface area contributed by atoms with Gasteiger partial charge in [0.05, 0.1) is 28.7 Å². The van der Waals surface area contributed by atoms with Gasteiger partial charge in [-0.2, -0.15) is 5.26 Å². The Bertz CT molecular complexity index is 1240. The van der Waals surface area contributed by atoms with Crippen LogP contribution in [0.3, 0.4) is 0 Å². The molecule has 4 N–H and O–H groups in total. The molecular formula is C23H18N4O2. The summed E-state index contributed by atoms with van der Waals surface area (Å²) < 4.78 is 0. The van der Waals surface area contributed by atoms with Gasteiger partial charge in [0.1, 0.15) is 5.82 Å². The third-order valence-electron chi connectivity index (χ3n) is 5.12. The number of aromatic nitrogens is 1. The van der Waals surface area contributed by atoms with E-state index in [0.717, 1.165) is 22.0 Å². The van der Waals surface area contributed by atoms with Gasteiger partial charge < -0.3 is 16.2 Å². The fourth-order valence-electron chi connectivity index (χ4n) is 3.76. The highest BCUT2D eigenvalue weighted by atomic mass is 16.4. The van der Waals surface area contributed by atoms with Crippen LogP contribution >= 0.6 is 0 Å². The Balaban J connectivity index is 2.00. The highest BCUT2D eigenvalue weighted by Crippen LogP contribution is 2.40. The summed E-state index contributed by atoms with van der Waals surface area (Å²) in [5.74, 6) is -1.90. The molecule has 3 aromatic rings. The number of nitrogens with one attached hydrogen (secondary N) is 1. The number of nitriles is 1. The number of nitrogens with two attached hydrogens (primary N) is 1. The van der Waals surface area contributed by atoms with Crippen LogP contribution in [-0.2, 0) is 4.79 Å². The van der Waals surface area contributed by atoms with Crippen LogP contribution in [0.25, 0.3) is 22.0 Å². The summed E-state index contributed by atoms with van der Waals surface area (Å²) in [6.45, 7) is 1.72. The third-order valence-corrected chi connectivity index (χ3v) is 5.12. The summed E-state index contributed by atoms with van der Waals surface area (Å²) in [6, 6.07) is 19.5. The third kappa shape index (κ3) is 3.09. The van der Waals surface area contributed by atoms with Gasteiger partial charge in [0.25, 0.3) is 0 Å². The quantitative estimate of drug-likeness (QED) is 0.637. The predicted molar refractivity (Wildman–Crippen MR) is 110 cm³/mol. The molecule has 1 aromatic heterocycles. The van der Waals surface area contributed by atoms with E-state index in [0.29, 0.717) is 16.8 Å². The molecule has 0 amide bonds. The van der Waals surface area contributed by atoms with Gasteiger partial charge in [-0.25, -0.2) is 4.79 Å². The number of rotatable bonds is 3. The molecule has 1 aliphatic heterocycles. The van der Waals surface area contributed by atoms with Gasteiger partial charge in [-0.3, -0.25) is 4.98 Å². The minimum Gasteiger partial charge on any atom is -0.478 e. The van der Waals surface area contributed by atoms with Crippen molar-refractivity contribution in [2.24, 2.45) is 5.73 Å². The van der Waals surface area contributed by atoms with Crippen LogP contribution in [-0.4, -0.2) is 16.1 Å². The lowest BCUT2D eigenvalue weighted by Crippen LogP contribution is -2.32. The number of fused-ring (bicyclic) bond motifs is 1. The number of nitrogens with zero attached hydrogens (tertiary/aromatic N) is 2. The van der Waals surface area contributed by atoms with E-state index in [9.17, 15) is 15.2 Å². The number of dihydropyridines is 1. The van der Waals surface area contributed by atoms with E-state index in [1.807, 2.05) is 54.6 Å². The molecule has 142 valence electrons. The summed E-state index contributed by atoms with van der Waals surface area (Å²) in [5.41, 5.74) is 10.2. The molecule has 1 atom stereocenters. The number of allylic oxidation sites excluding steroid dienone is 2. The van der Waals surface area contributed by atoms with Crippen molar-refractivity contribution in [1.82, 2.24) is 10.3 Å². The molecule has 6 heteroatoms. The van der Waals surface area contributed by atoms with Gasteiger partial charge in [-0.15, -0.1) is 0 Å². The first-order valence-corrected chi connectivity index (χ1v) is 9.06. The zero-order chi connectivity index (χ0) is 20.5. The summed E-state index contributed by atoms with van der Waals surface area (Å²) in [7, 11) is 0. The summed E-state index contributed by atoms with van der Waals surface area (Å²) in [4.78, 5) is 16.6. The van der Waals surface area contributed by atoms with Crippen LogP contribution in [0.4, 0.5) is 0 Å². The second-order valence-electron chi connectivity index (χ2n) is 6.84. The molecule has 0 saturated heterocycles. The Kier molecular flexibility index (Phi) is 4.49. The Hall–Kier alpha value is -4.11. The molecule has 4 rings (SSSR count). The summed E-state index contributed by atoms with van der Waals surface area (Å²) in [5, 5.41) is 23.2. The molecule has 2 heterocycles. The maximum Gasteiger partial charge on any atom is 0.336 e. The number of aliphatic carboxylic acids is 1. The number of pyridine rings is 1. The first-order chi connectivity index (χ1) is 14.0. The first-order valence-electron chi connectivity index (χ1n) is 9.06. The number of carbonyl (C=O) groups is 1. The standard InChI is InChI=1S/C23H18N4O2/c1-13-18(11-24)20(21(23(28)29)22(25)27-13)16-8-5-9-19-17(16)10-15(12-26-19)14-6-3-2-4-7-14/h2-10,12,20,27H,25H2,1H3,(H,28,29). The van der Waals surface area contributed by atoms with Crippen molar-refractivity contribution in [2.75, 3.05) is 0 Å². The molecule has 29 heavy (non-hydrogen) atoms. The van der Waals surface area contributed by atoms with Gasteiger partial charge in [0, 0.05) is 22.8 Å².